The van der Waals surface area contributed by atoms with Gasteiger partial charge in [-0.2, -0.15) is 0 Å². The highest BCUT2D eigenvalue weighted by Crippen LogP contribution is 2.22. The topological polar surface area (TPSA) is 54.0 Å². The third-order valence-electron chi connectivity index (χ3n) is 2.61. The molecule has 1 atom stereocenters. The maximum Gasteiger partial charge on any atom is 0.319 e. The number of hydrogen-bond acceptors (Lipinski definition) is 3. The van der Waals surface area contributed by atoms with Crippen molar-refractivity contribution in [3.05, 3.63) is 45.9 Å². The van der Waals surface area contributed by atoms with Gasteiger partial charge >= 0.3 is 6.03 Å². The second-order valence-electron chi connectivity index (χ2n) is 3.92. The van der Waals surface area contributed by atoms with E-state index in [4.69, 9.17) is 11.6 Å². The molecule has 2 rings (SSSR count). The fraction of sp³-hybridized carbons (Fsp3) is 0.231. The highest BCUT2D eigenvalue weighted by molar-refractivity contribution is 7.10. The van der Waals surface area contributed by atoms with Crippen LogP contribution in [0.25, 0.3) is 0 Å². The van der Waals surface area contributed by atoms with Gasteiger partial charge in [-0.3, -0.25) is 0 Å². The van der Waals surface area contributed by atoms with E-state index in [2.05, 4.69) is 15.6 Å². The number of aromatic nitrogens is 1. The molecular weight excluding hydrogens is 282 g/mol. The van der Waals surface area contributed by atoms with E-state index in [9.17, 15) is 4.79 Å². The van der Waals surface area contributed by atoms with Crippen molar-refractivity contribution in [2.24, 2.45) is 0 Å². The number of pyridine rings is 1. The summed E-state index contributed by atoms with van der Waals surface area (Å²) in [7, 11) is 0. The Hall–Kier alpha value is -1.59. The monoisotopic (exact) mass is 295 g/mol. The van der Waals surface area contributed by atoms with Crippen LogP contribution in [0.4, 0.5) is 10.5 Å². The fourth-order valence-corrected chi connectivity index (χ4v) is 2.69. The van der Waals surface area contributed by atoms with Crippen LogP contribution in [-0.4, -0.2) is 11.0 Å². The lowest BCUT2D eigenvalue weighted by Crippen LogP contribution is -2.32. The molecule has 2 heterocycles. The molecule has 0 aliphatic heterocycles. The summed E-state index contributed by atoms with van der Waals surface area (Å²) in [6.07, 6.45) is 2.40. The SMILES string of the molecule is CCC(NC(=O)Nc1cccnc1Cl)c1cccs1. The van der Waals surface area contributed by atoms with Crippen LogP contribution in [0.2, 0.25) is 5.15 Å². The smallest absolute Gasteiger partial charge is 0.319 e. The van der Waals surface area contributed by atoms with Gasteiger partial charge < -0.3 is 10.6 Å². The number of carbonyl (C=O) groups excluding carboxylic acids is 1. The Morgan fingerprint density at radius 3 is 2.95 bits per heavy atom. The highest BCUT2D eigenvalue weighted by Gasteiger charge is 2.14. The number of anilines is 1. The average Bonchev–Trinajstić information content (AvgIpc) is 2.92. The molecule has 2 aromatic heterocycles. The number of amides is 2. The van der Waals surface area contributed by atoms with Gasteiger partial charge in [0.15, 0.2) is 5.15 Å². The third kappa shape index (κ3) is 3.68. The first-order valence-electron chi connectivity index (χ1n) is 5.92. The maximum absolute atomic E-state index is 11.9. The molecule has 0 spiro atoms. The predicted molar refractivity (Wildman–Crippen MR) is 78.8 cm³/mol. The van der Waals surface area contributed by atoms with E-state index in [1.165, 1.54) is 0 Å². The molecule has 4 nitrogen and oxygen atoms in total. The molecule has 0 aliphatic rings. The number of nitrogens with zero attached hydrogens (tertiary/aromatic N) is 1. The van der Waals surface area contributed by atoms with E-state index >= 15 is 0 Å². The van der Waals surface area contributed by atoms with Crippen molar-refractivity contribution in [1.82, 2.24) is 10.3 Å². The van der Waals surface area contributed by atoms with Crippen molar-refractivity contribution in [2.75, 3.05) is 5.32 Å². The summed E-state index contributed by atoms with van der Waals surface area (Å²) in [4.78, 5) is 17.0. The summed E-state index contributed by atoms with van der Waals surface area (Å²) >= 11 is 7.51. The van der Waals surface area contributed by atoms with Crippen molar-refractivity contribution in [3.63, 3.8) is 0 Å². The van der Waals surface area contributed by atoms with Crippen LogP contribution < -0.4 is 10.6 Å². The van der Waals surface area contributed by atoms with Gasteiger partial charge in [0.05, 0.1) is 11.7 Å². The number of urea groups is 1. The summed E-state index contributed by atoms with van der Waals surface area (Å²) in [5.74, 6) is 0. The van der Waals surface area contributed by atoms with E-state index in [0.29, 0.717) is 5.69 Å². The van der Waals surface area contributed by atoms with Gasteiger partial charge in [-0.25, -0.2) is 9.78 Å². The quantitative estimate of drug-likeness (QED) is 0.835. The van der Waals surface area contributed by atoms with Gasteiger partial charge in [-0.15, -0.1) is 11.3 Å². The average molecular weight is 296 g/mol. The van der Waals surface area contributed by atoms with Gasteiger partial charge in [0.25, 0.3) is 0 Å². The molecule has 0 aromatic carbocycles. The molecular formula is C13H14ClN3OS. The lowest BCUT2D eigenvalue weighted by Gasteiger charge is -2.16. The molecule has 2 amide bonds. The minimum Gasteiger partial charge on any atom is -0.330 e. The van der Waals surface area contributed by atoms with E-state index in [-0.39, 0.29) is 17.2 Å². The van der Waals surface area contributed by atoms with Gasteiger partial charge in [0.1, 0.15) is 0 Å². The molecule has 1 unspecified atom stereocenters. The standard InChI is InChI=1S/C13H14ClN3OS/c1-2-9(11-6-4-8-19-11)16-13(18)17-10-5-3-7-15-12(10)14/h3-9H,2H2,1H3,(H2,16,17,18). The molecule has 2 N–H and O–H groups in total. The molecule has 0 fully saturated rings. The summed E-state index contributed by atoms with van der Waals surface area (Å²) in [6.45, 7) is 2.03. The van der Waals surface area contributed by atoms with Gasteiger partial charge in [0.2, 0.25) is 0 Å². The van der Waals surface area contributed by atoms with Gasteiger partial charge in [-0.05, 0) is 30.0 Å². The van der Waals surface area contributed by atoms with Crippen molar-refractivity contribution in [3.8, 4) is 0 Å². The second kappa shape index (κ2) is 6.54. The largest absolute Gasteiger partial charge is 0.330 e. The molecule has 0 bridgehead atoms. The molecule has 2 aromatic rings. The van der Waals surface area contributed by atoms with Crippen LogP contribution >= 0.6 is 22.9 Å². The number of nitrogens with one attached hydrogen (secondary N) is 2. The maximum atomic E-state index is 11.9. The summed E-state index contributed by atoms with van der Waals surface area (Å²) in [6, 6.07) is 7.14. The Balaban J connectivity index is 1.99. The van der Waals surface area contributed by atoms with Crippen LogP contribution in [0.3, 0.4) is 0 Å². The first-order chi connectivity index (χ1) is 9.20. The number of hydrogen-bond donors (Lipinski definition) is 2. The first kappa shape index (κ1) is 13.8. The predicted octanol–water partition coefficient (Wildman–Crippen LogP) is 4.07. The number of thiophene rings is 1. The Bertz CT molecular complexity index is 545. The van der Waals surface area contributed by atoms with Crippen molar-refractivity contribution in [2.45, 2.75) is 19.4 Å². The molecule has 0 radical (unpaired) electrons. The van der Waals surface area contributed by atoms with Crippen LogP contribution in [-0.2, 0) is 0 Å². The third-order valence-corrected chi connectivity index (χ3v) is 3.89. The first-order valence-corrected chi connectivity index (χ1v) is 7.18. The number of halogens is 1. The fourth-order valence-electron chi connectivity index (χ4n) is 1.66. The Kier molecular flexibility index (Phi) is 4.76. The van der Waals surface area contributed by atoms with Crippen molar-refractivity contribution >= 4 is 34.7 Å². The molecule has 6 heteroatoms. The summed E-state index contributed by atoms with van der Waals surface area (Å²) < 4.78 is 0. The lowest BCUT2D eigenvalue weighted by molar-refractivity contribution is 0.248. The molecule has 0 saturated heterocycles. The Labute approximate surface area is 120 Å². The van der Waals surface area contributed by atoms with E-state index < -0.39 is 0 Å². The lowest BCUT2D eigenvalue weighted by atomic mass is 10.2. The molecule has 0 saturated carbocycles. The van der Waals surface area contributed by atoms with E-state index in [0.717, 1.165) is 11.3 Å². The Morgan fingerprint density at radius 1 is 1.47 bits per heavy atom. The van der Waals surface area contributed by atoms with Crippen molar-refractivity contribution in [1.29, 1.82) is 0 Å². The van der Waals surface area contributed by atoms with Crippen molar-refractivity contribution < 1.29 is 4.79 Å². The normalized spacial score (nSPS) is 11.9. The summed E-state index contributed by atoms with van der Waals surface area (Å²) in [5.41, 5.74) is 0.502. The zero-order valence-electron chi connectivity index (χ0n) is 10.4. The Morgan fingerprint density at radius 2 is 2.32 bits per heavy atom. The molecule has 100 valence electrons. The highest BCUT2D eigenvalue weighted by atomic mass is 35.5. The van der Waals surface area contributed by atoms with Crippen LogP contribution in [0, 0.1) is 0 Å². The molecule has 0 aliphatic carbocycles. The van der Waals surface area contributed by atoms with Crippen LogP contribution in [0.5, 0.6) is 0 Å². The van der Waals surface area contributed by atoms with Gasteiger partial charge in [0, 0.05) is 11.1 Å². The summed E-state index contributed by atoms with van der Waals surface area (Å²) in [5, 5.41) is 7.89. The van der Waals surface area contributed by atoms with Crippen LogP contribution in [0.15, 0.2) is 35.8 Å². The second-order valence-corrected chi connectivity index (χ2v) is 5.25. The zero-order valence-corrected chi connectivity index (χ0v) is 12.0. The minimum absolute atomic E-state index is 0.00967. The van der Waals surface area contributed by atoms with Gasteiger partial charge in [-0.1, -0.05) is 24.6 Å². The molecule has 19 heavy (non-hydrogen) atoms. The zero-order chi connectivity index (χ0) is 13.7. The van der Waals surface area contributed by atoms with E-state index in [1.54, 1.807) is 29.7 Å². The van der Waals surface area contributed by atoms with E-state index in [1.807, 2.05) is 24.4 Å². The number of rotatable bonds is 4. The minimum atomic E-state index is -0.282. The van der Waals surface area contributed by atoms with Crippen LogP contribution in [0.1, 0.15) is 24.3 Å². The number of carbonyl (C=O) groups is 1.